The molecule has 0 radical (unpaired) electrons. The highest BCUT2D eigenvalue weighted by Gasteiger charge is 2.05. The molecule has 1 aromatic carbocycles. The molecule has 0 aliphatic heterocycles. The summed E-state index contributed by atoms with van der Waals surface area (Å²) < 4.78 is 0. The molecule has 0 atom stereocenters. The monoisotopic (exact) mass is 294 g/mol. The minimum Gasteiger partial charge on any atom is -0.345 e. The van der Waals surface area contributed by atoms with Gasteiger partial charge < -0.3 is 5.32 Å². The average Bonchev–Trinajstić information content (AvgIpc) is 2.89. The van der Waals surface area contributed by atoms with Crippen LogP contribution in [0.1, 0.15) is 21.7 Å². The number of rotatable bonds is 4. The summed E-state index contributed by atoms with van der Waals surface area (Å²) in [6.07, 6.45) is 1.41. The lowest BCUT2D eigenvalue weighted by atomic mass is 10.1. The van der Waals surface area contributed by atoms with Crippen LogP contribution in [-0.2, 0) is 11.9 Å². The first-order chi connectivity index (χ1) is 8.29. The maximum absolute atomic E-state index is 11.8. The number of H-pyrrole nitrogens is 1. The van der Waals surface area contributed by atoms with E-state index in [0.717, 1.165) is 10.9 Å². The molecule has 0 aliphatic rings. The fraction of sp³-hybridized carbons (Fsp3) is 0.182. The summed E-state index contributed by atoms with van der Waals surface area (Å²) in [4.78, 5) is 15.7. The van der Waals surface area contributed by atoms with Crippen molar-refractivity contribution in [2.24, 2.45) is 0 Å². The van der Waals surface area contributed by atoms with Crippen LogP contribution in [0.15, 0.2) is 30.6 Å². The first-order valence-electron chi connectivity index (χ1n) is 5.07. The summed E-state index contributed by atoms with van der Waals surface area (Å²) in [5, 5.41) is 9.92. The van der Waals surface area contributed by atoms with Gasteiger partial charge in [-0.1, -0.05) is 28.1 Å². The quantitative estimate of drug-likeness (QED) is 0.842. The molecule has 0 saturated carbocycles. The van der Waals surface area contributed by atoms with Crippen LogP contribution in [0.3, 0.4) is 0 Å². The molecule has 0 aliphatic carbocycles. The van der Waals surface area contributed by atoms with Crippen molar-refractivity contribution in [1.29, 1.82) is 0 Å². The largest absolute Gasteiger partial charge is 0.345 e. The van der Waals surface area contributed by atoms with E-state index in [9.17, 15) is 4.79 Å². The number of nitrogens with one attached hydrogen (secondary N) is 2. The summed E-state index contributed by atoms with van der Waals surface area (Å²) in [7, 11) is 0. The van der Waals surface area contributed by atoms with E-state index in [2.05, 4.69) is 36.4 Å². The second-order valence-corrected chi connectivity index (χ2v) is 4.01. The molecule has 0 unspecified atom stereocenters. The van der Waals surface area contributed by atoms with Crippen molar-refractivity contribution in [2.45, 2.75) is 11.9 Å². The molecule has 2 N–H and O–H groups in total. The fourth-order valence-corrected chi connectivity index (χ4v) is 1.70. The van der Waals surface area contributed by atoms with E-state index in [1.807, 2.05) is 12.1 Å². The Morgan fingerprint density at radius 2 is 2.12 bits per heavy atom. The van der Waals surface area contributed by atoms with Crippen molar-refractivity contribution in [3.05, 3.63) is 47.5 Å². The van der Waals surface area contributed by atoms with Crippen molar-refractivity contribution in [2.75, 3.05) is 0 Å². The number of halogens is 1. The molecule has 2 rings (SSSR count). The molecule has 1 aromatic heterocycles. The highest BCUT2D eigenvalue weighted by molar-refractivity contribution is 9.08. The molecular weight excluding hydrogens is 284 g/mol. The van der Waals surface area contributed by atoms with Crippen LogP contribution in [0.4, 0.5) is 0 Å². The Labute approximate surface area is 107 Å². The molecule has 5 nitrogen and oxygen atoms in total. The zero-order chi connectivity index (χ0) is 12.1. The van der Waals surface area contributed by atoms with Crippen LogP contribution in [-0.4, -0.2) is 21.1 Å². The maximum Gasteiger partial charge on any atom is 0.251 e. The predicted octanol–water partition coefficient (Wildman–Crippen LogP) is 1.63. The van der Waals surface area contributed by atoms with E-state index in [0.29, 0.717) is 17.9 Å². The number of amides is 1. The molecule has 2 aromatic rings. The highest BCUT2D eigenvalue weighted by atomic mass is 79.9. The van der Waals surface area contributed by atoms with E-state index < -0.39 is 0 Å². The van der Waals surface area contributed by atoms with Crippen LogP contribution < -0.4 is 5.32 Å². The summed E-state index contributed by atoms with van der Waals surface area (Å²) in [6.45, 7) is 0.346. The Balaban J connectivity index is 1.95. The van der Waals surface area contributed by atoms with Gasteiger partial charge in [0.2, 0.25) is 0 Å². The van der Waals surface area contributed by atoms with E-state index in [1.54, 1.807) is 12.1 Å². The number of hydrogen-bond donors (Lipinski definition) is 2. The molecule has 1 heterocycles. The molecular formula is C11H11BrN4O. The van der Waals surface area contributed by atoms with E-state index in [1.165, 1.54) is 6.33 Å². The predicted molar refractivity (Wildman–Crippen MR) is 66.6 cm³/mol. The lowest BCUT2D eigenvalue weighted by molar-refractivity contribution is 0.0950. The van der Waals surface area contributed by atoms with Gasteiger partial charge in [0.1, 0.15) is 12.2 Å². The molecule has 0 saturated heterocycles. The zero-order valence-corrected chi connectivity index (χ0v) is 10.6. The summed E-state index contributed by atoms with van der Waals surface area (Å²) in [6, 6.07) is 7.43. The molecule has 88 valence electrons. The van der Waals surface area contributed by atoms with Gasteiger partial charge in [-0.2, -0.15) is 5.10 Å². The normalized spacial score (nSPS) is 10.2. The zero-order valence-electron chi connectivity index (χ0n) is 8.98. The molecule has 17 heavy (non-hydrogen) atoms. The third-order valence-electron chi connectivity index (χ3n) is 2.25. The Morgan fingerprint density at radius 1 is 1.35 bits per heavy atom. The summed E-state index contributed by atoms with van der Waals surface area (Å²) in [5.74, 6) is 0.512. The van der Waals surface area contributed by atoms with Gasteiger partial charge in [-0.05, 0) is 17.7 Å². The second kappa shape index (κ2) is 5.58. The van der Waals surface area contributed by atoms with Crippen molar-refractivity contribution in [1.82, 2.24) is 20.5 Å². The number of alkyl halides is 1. The van der Waals surface area contributed by atoms with Gasteiger partial charge in [0.05, 0.1) is 6.54 Å². The molecule has 0 bridgehead atoms. The van der Waals surface area contributed by atoms with E-state index >= 15 is 0 Å². The Hall–Kier alpha value is -1.69. The molecule has 6 heteroatoms. The van der Waals surface area contributed by atoms with Gasteiger partial charge in [0.25, 0.3) is 5.91 Å². The fourth-order valence-electron chi connectivity index (χ4n) is 1.33. The lowest BCUT2D eigenvalue weighted by Crippen LogP contribution is -2.23. The molecule has 0 fully saturated rings. The van der Waals surface area contributed by atoms with Crippen LogP contribution in [0.5, 0.6) is 0 Å². The van der Waals surface area contributed by atoms with Gasteiger partial charge >= 0.3 is 0 Å². The Morgan fingerprint density at radius 3 is 2.71 bits per heavy atom. The van der Waals surface area contributed by atoms with Crippen molar-refractivity contribution >= 4 is 21.8 Å². The van der Waals surface area contributed by atoms with E-state index in [4.69, 9.17) is 0 Å². The maximum atomic E-state index is 11.8. The van der Waals surface area contributed by atoms with Crippen LogP contribution in [0, 0.1) is 0 Å². The van der Waals surface area contributed by atoms with Crippen molar-refractivity contribution < 1.29 is 4.79 Å². The number of aromatic amines is 1. The third kappa shape index (κ3) is 3.13. The first kappa shape index (κ1) is 11.8. The number of nitrogens with zero attached hydrogens (tertiary/aromatic N) is 2. The number of carbonyl (C=O) groups is 1. The van der Waals surface area contributed by atoms with Gasteiger partial charge in [-0.3, -0.25) is 9.89 Å². The highest BCUT2D eigenvalue weighted by Crippen LogP contribution is 2.07. The average molecular weight is 295 g/mol. The second-order valence-electron chi connectivity index (χ2n) is 3.45. The van der Waals surface area contributed by atoms with Crippen LogP contribution >= 0.6 is 15.9 Å². The third-order valence-corrected chi connectivity index (χ3v) is 2.90. The number of carbonyl (C=O) groups excluding carboxylic acids is 1. The van der Waals surface area contributed by atoms with Gasteiger partial charge in [0.15, 0.2) is 0 Å². The van der Waals surface area contributed by atoms with Crippen molar-refractivity contribution in [3.63, 3.8) is 0 Å². The topological polar surface area (TPSA) is 70.7 Å². The van der Waals surface area contributed by atoms with Crippen LogP contribution in [0.25, 0.3) is 0 Å². The number of benzene rings is 1. The molecule has 0 spiro atoms. The van der Waals surface area contributed by atoms with E-state index in [-0.39, 0.29) is 5.91 Å². The minimum absolute atomic E-state index is 0.123. The first-order valence-corrected chi connectivity index (χ1v) is 6.19. The Bertz CT molecular complexity index is 481. The summed E-state index contributed by atoms with van der Waals surface area (Å²) >= 11 is 3.36. The Kier molecular flexibility index (Phi) is 3.87. The summed E-state index contributed by atoms with van der Waals surface area (Å²) in [5.41, 5.74) is 1.77. The van der Waals surface area contributed by atoms with Gasteiger partial charge in [0, 0.05) is 10.9 Å². The van der Waals surface area contributed by atoms with Crippen molar-refractivity contribution in [3.8, 4) is 0 Å². The molecule has 1 amide bonds. The number of hydrogen-bond acceptors (Lipinski definition) is 3. The number of aromatic nitrogens is 3. The SMILES string of the molecule is O=C(NCc1ncn[nH]1)c1ccc(CBr)cc1. The smallest absolute Gasteiger partial charge is 0.251 e. The lowest BCUT2D eigenvalue weighted by Gasteiger charge is -2.03. The minimum atomic E-state index is -0.123. The standard InChI is InChI=1S/C11H11BrN4O/c12-5-8-1-3-9(4-2-8)11(17)13-6-10-14-7-15-16-10/h1-4,7H,5-6H2,(H,13,17)(H,14,15,16). The van der Waals surface area contributed by atoms with Crippen LogP contribution in [0.2, 0.25) is 0 Å². The van der Waals surface area contributed by atoms with Gasteiger partial charge in [-0.15, -0.1) is 0 Å². The van der Waals surface area contributed by atoms with Gasteiger partial charge in [-0.25, -0.2) is 4.98 Å².